The number of thiophene rings is 1. The lowest BCUT2D eigenvalue weighted by atomic mass is 10.3. The molecule has 0 fully saturated rings. The van der Waals surface area contributed by atoms with Crippen molar-refractivity contribution in [1.82, 2.24) is 15.1 Å². The van der Waals surface area contributed by atoms with Gasteiger partial charge in [0.05, 0.1) is 16.8 Å². The van der Waals surface area contributed by atoms with Crippen molar-refractivity contribution in [3.05, 3.63) is 41.7 Å². The lowest BCUT2D eigenvalue weighted by Crippen LogP contribution is -2.14. The highest BCUT2D eigenvalue weighted by Gasteiger charge is 2.11. The largest absolute Gasteiger partial charge is 0.363 e. The highest BCUT2D eigenvalue weighted by molar-refractivity contribution is 7.13. The molecule has 0 saturated carbocycles. The van der Waals surface area contributed by atoms with E-state index in [2.05, 4.69) is 20.4 Å². The number of nitrogens with zero attached hydrogens (tertiary/aromatic N) is 4. The molecule has 124 valence electrons. The van der Waals surface area contributed by atoms with Gasteiger partial charge in [0.15, 0.2) is 0 Å². The molecular weight excluding hydrogens is 326 g/mol. The molecule has 1 amide bonds. The fourth-order valence-corrected chi connectivity index (χ4v) is 2.68. The van der Waals surface area contributed by atoms with Crippen LogP contribution in [0, 0.1) is 0 Å². The summed E-state index contributed by atoms with van der Waals surface area (Å²) >= 11 is 1.54. The average Bonchev–Trinajstić information content (AvgIpc) is 3.25. The number of aryl methyl sites for hydroxylation is 1. The van der Waals surface area contributed by atoms with Crippen LogP contribution in [0.1, 0.15) is 12.3 Å². The van der Waals surface area contributed by atoms with Crippen LogP contribution in [0.15, 0.2) is 40.4 Å². The normalized spacial score (nSPS) is 10.6. The van der Waals surface area contributed by atoms with Gasteiger partial charge < -0.3 is 14.7 Å². The van der Waals surface area contributed by atoms with Crippen LogP contribution in [-0.2, 0) is 11.2 Å². The van der Waals surface area contributed by atoms with Gasteiger partial charge in [-0.25, -0.2) is 4.98 Å². The molecule has 3 heterocycles. The van der Waals surface area contributed by atoms with Crippen LogP contribution in [0.2, 0.25) is 0 Å². The third kappa shape index (κ3) is 3.96. The molecule has 3 aromatic heterocycles. The third-order valence-corrected chi connectivity index (χ3v) is 4.13. The molecule has 0 bridgehead atoms. The van der Waals surface area contributed by atoms with E-state index in [0.29, 0.717) is 23.8 Å². The topological polar surface area (TPSA) is 84.2 Å². The molecule has 7 nitrogen and oxygen atoms in total. The third-order valence-electron chi connectivity index (χ3n) is 3.27. The Hall–Kier alpha value is -2.74. The first-order chi connectivity index (χ1) is 11.6. The highest BCUT2D eigenvalue weighted by Crippen LogP contribution is 2.21. The average molecular weight is 343 g/mol. The van der Waals surface area contributed by atoms with Crippen LogP contribution in [0.5, 0.6) is 0 Å². The summed E-state index contributed by atoms with van der Waals surface area (Å²) in [6, 6.07) is 7.53. The molecule has 24 heavy (non-hydrogen) atoms. The second kappa shape index (κ2) is 7.22. The zero-order valence-electron chi connectivity index (χ0n) is 13.4. The Labute approximate surface area is 143 Å². The molecule has 0 spiro atoms. The Bertz CT molecular complexity index is 796. The van der Waals surface area contributed by atoms with Crippen molar-refractivity contribution in [2.75, 3.05) is 24.3 Å². The first-order valence-corrected chi connectivity index (χ1v) is 8.29. The van der Waals surface area contributed by atoms with Crippen LogP contribution in [0.4, 0.5) is 11.5 Å². The molecule has 0 saturated heterocycles. The Balaban J connectivity index is 1.52. The summed E-state index contributed by atoms with van der Waals surface area (Å²) in [5, 5.41) is 8.68. The van der Waals surface area contributed by atoms with Gasteiger partial charge in [-0.1, -0.05) is 11.2 Å². The Kier molecular flexibility index (Phi) is 4.85. The second-order valence-electron chi connectivity index (χ2n) is 5.34. The number of rotatable bonds is 6. The Morgan fingerprint density at radius 2 is 2.21 bits per heavy atom. The standard InChI is InChI=1S/C16H17N5O2S/c1-21(2)13-6-5-11(10-17-13)18-14(22)7-8-15-19-16(20-23-15)12-4-3-9-24-12/h3-6,9-10H,7-8H2,1-2H3,(H,18,22). The van der Waals surface area contributed by atoms with Gasteiger partial charge in [-0.2, -0.15) is 4.98 Å². The van der Waals surface area contributed by atoms with Crippen LogP contribution < -0.4 is 10.2 Å². The van der Waals surface area contributed by atoms with E-state index in [9.17, 15) is 4.79 Å². The van der Waals surface area contributed by atoms with Crippen molar-refractivity contribution in [2.24, 2.45) is 0 Å². The SMILES string of the molecule is CN(C)c1ccc(NC(=O)CCc2nc(-c3cccs3)no2)cn1. The molecule has 0 aromatic carbocycles. The number of aromatic nitrogens is 3. The van der Waals surface area contributed by atoms with E-state index in [1.807, 2.05) is 48.6 Å². The van der Waals surface area contributed by atoms with Crippen LogP contribution in [0.25, 0.3) is 10.7 Å². The first-order valence-electron chi connectivity index (χ1n) is 7.41. The molecule has 3 rings (SSSR count). The number of carbonyl (C=O) groups is 1. The Morgan fingerprint density at radius 1 is 1.33 bits per heavy atom. The molecule has 0 aliphatic rings. The van der Waals surface area contributed by atoms with Crippen molar-refractivity contribution in [1.29, 1.82) is 0 Å². The number of anilines is 2. The summed E-state index contributed by atoms with van der Waals surface area (Å²) in [5.41, 5.74) is 0.662. The van der Waals surface area contributed by atoms with Gasteiger partial charge in [0.25, 0.3) is 0 Å². The molecule has 0 aliphatic carbocycles. The highest BCUT2D eigenvalue weighted by atomic mass is 32.1. The maximum Gasteiger partial charge on any atom is 0.227 e. The summed E-state index contributed by atoms with van der Waals surface area (Å²) < 4.78 is 5.18. The first kappa shape index (κ1) is 16.1. The number of pyridine rings is 1. The van der Waals surface area contributed by atoms with E-state index >= 15 is 0 Å². The lowest BCUT2D eigenvalue weighted by molar-refractivity contribution is -0.116. The zero-order valence-corrected chi connectivity index (χ0v) is 14.2. The molecule has 0 radical (unpaired) electrons. The van der Waals surface area contributed by atoms with Crippen molar-refractivity contribution >= 4 is 28.7 Å². The zero-order chi connectivity index (χ0) is 16.9. The van der Waals surface area contributed by atoms with Crippen LogP contribution >= 0.6 is 11.3 Å². The molecule has 0 unspecified atom stereocenters. The molecule has 0 aliphatic heterocycles. The minimum Gasteiger partial charge on any atom is -0.363 e. The fraction of sp³-hybridized carbons (Fsp3) is 0.250. The molecule has 3 aromatic rings. The molecular formula is C16H17N5O2S. The summed E-state index contributed by atoms with van der Waals surface area (Å²) in [7, 11) is 3.82. The van der Waals surface area contributed by atoms with Gasteiger partial charge in [-0.05, 0) is 23.6 Å². The van der Waals surface area contributed by atoms with E-state index in [-0.39, 0.29) is 12.3 Å². The second-order valence-corrected chi connectivity index (χ2v) is 6.28. The predicted molar refractivity (Wildman–Crippen MR) is 93.1 cm³/mol. The van der Waals surface area contributed by atoms with Gasteiger partial charge in [0, 0.05) is 26.9 Å². The van der Waals surface area contributed by atoms with Crippen molar-refractivity contribution in [3.8, 4) is 10.7 Å². The molecule has 8 heteroatoms. The van der Waals surface area contributed by atoms with Crippen molar-refractivity contribution in [3.63, 3.8) is 0 Å². The predicted octanol–water partition coefficient (Wildman–Crippen LogP) is 2.83. The Morgan fingerprint density at radius 3 is 2.88 bits per heavy atom. The molecule has 1 N–H and O–H groups in total. The van der Waals surface area contributed by atoms with Gasteiger partial charge in [-0.15, -0.1) is 11.3 Å². The van der Waals surface area contributed by atoms with Crippen LogP contribution in [0.3, 0.4) is 0 Å². The van der Waals surface area contributed by atoms with Gasteiger partial charge in [-0.3, -0.25) is 4.79 Å². The van der Waals surface area contributed by atoms with E-state index < -0.39 is 0 Å². The summed E-state index contributed by atoms with van der Waals surface area (Å²) in [6.07, 6.45) is 2.30. The number of nitrogens with one attached hydrogen (secondary N) is 1. The number of hydrogen-bond acceptors (Lipinski definition) is 7. The van der Waals surface area contributed by atoms with E-state index in [1.165, 1.54) is 0 Å². The monoisotopic (exact) mass is 343 g/mol. The van der Waals surface area contributed by atoms with E-state index in [4.69, 9.17) is 4.52 Å². The quantitative estimate of drug-likeness (QED) is 0.741. The van der Waals surface area contributed by atoms with Crippen molar-refractivity contribution in [2.45, 2.75) is 12.8 Å². The fourth-order valence-electron chi connectivity index (χ4n) is 2.03. The van der Waals surface area contributed by atoms with Gasteiger partial charge in [0.2, 0.25) is 17.6 Å². The van der Waals surface area contributed by atoms with Gasteiger partial charge >= 0.3 is 0 Å². The maximum absolute atomic E-state index is 12.0. The minimum atomic E-state index is -0.120. The van der Waals surface area contributed by atoms with E-state index in [0.717, 1.165) is 10.7 Å². The number of carbonyl (C=O) groups excluding carboxylic acids is 1. The molecule has 0 atom stereocenters. The minimum absolute atomic E-state index is 0.120. The maximum atomic E-state index is 12.0. The van der Waals surface area contributed by atoms with Crippen LogP contribution in [-0.4, -0.2) is 35.1 Å². The lowest BCUT2D eigenvalue weighted by Gasteiger charge is -2.11. The summed E-state index contributed by atoms with van der Waals surface area (Å²) in [5.74, 6) is 1.73. The summed E-state index contributed by atoms with van der Waals surface area (Å²) in [6.45, 7) is 0. The van der Waals surface area contributed by atoms with E-state index in [1.54, 1.807) is 17.5 Å². The van der Waals surface area contributed by atoms with Gasteiger partial charge in [0.1, 0.15) is 5.82 Å². The number of hydrogen-bond donors (Lipinski definition) is 1. The number of amides is 1. The smallest absolute Gasteiger partial charge is 0.227 e. The summed E-state index contributed by atoms with van der Waals surface area (Å²) in [4.78, 5) is 23.4. The van der Waals surface area contributed by atoms with Crippen molar-refractivity contribution < 1.29 is 9.32 Å².